The molecule has 164 valence electrons. The Bertz CT molecular complexity index is 1420. The number of hydrogen-bond donors (Lipinski definition) is 1. The minimum atomic E-state index is 0.726. The van der Waals surface area contributed by atoms with Gasteiger partial charge in [-0.1, -0.05) is 48.0 Å². The molecule has 3 aromatic carbocycles. The van der Waals surface area contributed by atoms with Crippen molar-refractivity contribution in [1.29, 1.82) is 0 Å². The number of fused-ring (bicyclic) bond motifs is 1. The van der Waals surface area contributed by atoms with Crippen molar-refractivity contribution in [1.82, 2.24) is 14.5 Å². The molecule has 0 saturated heterocycles. The number of nitrogens with zero attached hydrogens (tertiary/aromatic N) is 4. The maximum absolute atomic E-state index is 6.45. The fraction of sp³-hybridized carbons (Fsp3) is 0.111. The van der Waals surface area contributed by atoms with Gasteiger partial charge in [-0.3, -0.25) is 0 Å². The van der Waals surface area contributed by atoms with Crippen molar-refractivity contribution in [2.45, 2.75) is 6.92 Å². The zero-order valence-corrected chi connectivity index (χ0v) is 19.5. The number of nitrogens with one attached hydrogen (secondary N) is 1. The first-order valence-corrected chi connectivity index (χ1v) is 11.1. The van der Waals surface area contributed by atoms with Gasteiger partial charge < -0.3 is 14.8 Å². The van der Waals surface area contributed by atoms with Crippen LogP contribution in [0.3, 0.4) is 0 Å². The molecule has 0 atom stereocenters. The highest BCUT2D eigenvalue weighted by Gasteiger charge is 2.18. The third kappa shape index (κ3) is 4.03. The van der Waals surface area contributed by atoms with Crippen molar-refractivity contribution in [2.75, 3.05) is 24.3 Å². The number of rotatable bonds is 5. The molecule has 0 saturated carbocycles. The molecule has 5 nitrogen and oxygen atoms in total. The van der Waals surface area contributed by atoms with Crippen LogP contribution < -0.4 is 10.2 Å². The average Bonchev–Trinajstić information content (AvgIpc) is 3.22. The van der Waals surface area contributed by atoms with Crippen molar-refractivity contribution in [3.63, 3.8) is 0 Å². The molecule has 2 heterocycles. The standard InChI is InChI=1S/C27H24ClN5/c1-18-9-12-22(15-24(18)28)33-16-23(19-7-5-4-6-8-19)25-26(29-17-30-27(25)33)31-20-10-13-21(14-11-20)32(2)3/h4-17H,1-3H3,(H,29,30,31). The van der Waals surface area contributed by atoms with Gasteiger partial charge in [0.15, 0.2) is 5.65 Å². The van der Waals surface area contributed by atoms with E-state index in [1.54, 1.807) is 6.33 Å². The summed E-state index contributed by atoms with van der Waals surface area (Å²) in [4.78, 5) is 11.3. The summed E-state index contributed by atoms with van der Waals surface area (Å²) in [6.45, 7) is 2.00. The first kappa shape index (κ1) is 21.0. The molecular weight excluding hydrogens is 430 g/mol. The van der Waals surface area contributed by atoms with E-state index in [0.29, 0.717) is 0 Å². The van der Waals surface area contributed by atoms with E-state index in [1.807, 2.05) is 51.4 Å². The highest BCUT2D eigenvalue weighted by atomic mass is 35.5. The Morgan fingerprint density at radius 3 is 2.36 bits per heavy atom. The van der Waals surface area contributed by atoms with E-state index >= 15 is 0 Å². The zero-order valence-electron chi connectivity index (χ0n) is 18.7. The predicted molar refractivity (Wildman–Crippen MR) is 138 cm³/mol. The van der Waals surface area contributed by atoms with Crippen LogP contribution in [0.15, 0.2) is 85.3 Å². The highest BCUT2D eigenvalue weighted by molar-refractivity contribution is 6.31. The Kier molecular flexibility index (Phi) is 5.48. The molecule has 0 bridgehead atoms. The SMILES string of the molecule is Cc1ccc(-n2cc(-c3ccccc3)c3c(Nc4ccc(N(C)C)cc4)ncnc32)cc1Cl. The van der Waals surface area contributed by atoms with Crippen molar-refractivity contribution in [3.05, 3.63) is 95.9 Å². The maximum Gasteiger partial charge on any atom is 0.150 e. The van der Waals surface area contributed by atoms with Gasteiger partial charge >= 0.3 is 0 Å². The number of anilines is 3. The molecule has 1 N–H and O–H groups in total. The van der Waals surface area contributed by atoms with Crippen LogP contribution in [0.2, 0.25) is 5.02 Å². The van der Waals surface area contributed by atoms with Gasteiger partial charge in [-0.2, -0.15) is 0 Å². The molecule has 0 unspecified atom stereocenters. The molecule has 0 radical (unpaired) electrons. The fourth-order valence-electron chi connectivity index (χ4n) is 3.90. The summed E-state index contributed by atoms with van der Waals surface area (Å²) in [5, 5.41) is 5.18. The van der Waals surface area contributed by atoms with Crippen LogP contribution in [0.5, 0.6) is 0 Å². The van der Waals surface area contributed by atoms with Crippen LogP contribution in [0.1, 0.15) is 5.56 Å². The van der Waals surface area contributed by atoms with Crippen LogP contribution in [0, 0.1) is 6.92 Å². The fourth-order valence-corrected chi connectivity index (χ4v) is 4.08. The summed E-state index contributed by atoms with van der Waals surface area (Å²) in [7, 11) is 4.06. The van der Waals surface area contributed by atoms with E-state index in [1.165, 1.54) is 0 Å². The largest absolute Gasteiger partial charge is 0.378 e. The summed E-state index contributed by atoms with van der Waals surface area (Å²) < 4.78 is 2.07. The molecule has 5 rings (SSSR count). The van der Waals surface area contributed by atoms with E-state index in [0.717, 1.165) is 55.6 Å². The smallest absolute Gasteiger partial charge is 0.150 e. The van der Waals surface area contributed by atoms with Crippen LogP contribution in [-0.2, 0) is 0 Å². The number of aromatic nitrogens is 3. The van der Waals surface area contributed by atoms with Crippen molar-refractivity contribution in [2.24, 2.45) is 0 Å². The van der Waals surface area contributed by atoms with E-state index in [2.05, 4.69) is 73.4 Å². The Labute approximate surface area is 198 Å². The number of aryl methyl sites for hydroxylation is 1. The molecule has 2 aromatic heterocycles. The van der Waals surface area contributed by atoms with Gasteiger partial charge in [-0.05, 0) is 54.4 Å². The van der Waals surface area contributed by atoms with Gasteiger partial charge in [0.25, 0.3) is 0 Å². The lowest BCUT2D eigenvalue weighted by Gasteiger charge is -2.14. The van der Waals surface area contributed by atoms with Crippen LogP contribution in [-0.4, -0.2) is 28.6 Å². The van der Waals surface area contributed by atoms with Gasteiger partial charge in [0, 0.05) is 47.9 Å². The lowest BCUT2D eigenvalue weighted by atomic mass is 10.1. The second-order valence-corrected chi connectivity index (χ2v) is 8.61. The number of halogens is 1. The van der Waals surface area contributed by atoms with Gasteiger partial charge in [-0.25, -0.2) is 9.97 Å². The summed E-state index contributed by atoms with van der Waals surface area (Å²) in [6, 6.07) is 24.6. The third-order valence-electron chi connectivity index (χ3n) is 5.75. The predicted octanol–water partition coefficient (Wildman–Crippen LogP) is 6.86. The lowest BCUT2D eigenvalue weighted by Crippen LogP contribution is -2.08. The van der Waals surface area contributed by atoms with Gasteiger partial charge in [0.05, 0.1) is 5.39 Å². The number of hydrogen-bond acceptors (Lipinski definition) is 4. The summed E-state index contributed by atoms with van der Waals surface area (Å²) in [6.07, 6.45) is 3.70. The van der Waals surface area contributed by atoms with Gasteiger partial charge in [0.1, 0.15) is 12.1 Å². The molecule has 0 amide bonds. The minimum Gasteiger partial charge on any atom is -0.378 e. The molecule has 0 spiro atoms. The van der Waals surface area contributed by atoms with Crippen molar-refractivity contribution < 1.29 is 0 Å². The van der Waals surface area contributed by atoms with E-state index < -0.39 is 0 Å². The first-order valence-electron chi connectivity index (χ1n) is 10.7. The van der Waals surface area contributed by atoms with E-state index in [4.69, 9.17) is 11.6 Å². The lowest BCUT2D eigenvalue weighted by molar-refractivity contribution is 1.07. The van der Waals surface area contributed by atoms with E-state index in [9.17, 15) is 0 Å². The molecule has 0 aliphatic heterocycles. The van der Waals surface area contributed by atoms with Crippen molar-refractivity contribution >= 4 is 39.8 Å². The van der Waals surface area contributed by atoms with Crippen LogP contribution in [0.25, 0.3) is 27.8 Å². The number of benzene rings is 3. The molecule has 6 heteroatoms. The molecule has 5 aromatic rings. The Balaban J connectivity index is 1.69. The third-order valence-corrected chi connectivity index (χ3v) is 6.16. The summed E-state index contributed by atoms with van der Waals surface area (Å²) in [5.41, 5.74) is 7.06. The second kappa shape index (κ2) is 8.60. The summed E-state index contributed by atoms with van der Waals surface area (Å²) >= 11 is 6.45. The van der Waals surface area contributed by atoms with Crippen molar-refractivity contribution in [3.8, 4) is 16.8 Å². The topological polar surface area (TPSA) is 46.0 Å². The Hall–Kier alpha value is -3.83. The molecule has 0 aliphatic carbocycles. The van der Waals surface area contributed by atoms with Gasteiger partial charge in [-0.15, -0.1) is 0 Å². The monoisotopic (exact) mass is 453 g/mol. The zero-order chi connectivity index (χ0) is 22.9. The van der Waals surface area contributed by atoms with E-state index in [-0.39, 0.29) is 0 Å². The molecule has 0 aliphatic rings. The normalized spacial score (nSPS) is 11.0. The molecule has 33 heavy (non-hydrogen) atoms. The first-order chi connectivity index (χ1) is 16.0. The Morgan fingerprint density at radius 1 is 0.909 bits per heavy atom. The van der Waals surface area contributed by atoms with Crippen LogP contribution >= 0.6 is 11.6 Å². The molecular formula is C27H24ClN5. The second-order valence-electron chi connectivity index (χ2n) is 8.20. The Morgan fingerprint density at radius 2 is 1.67 bits per heavy atom. The van der Waals surface area contributed by atoms with Crippen LogP contribution in [0.4, 0.5) is 17.2 Å². The summed E-state index contributed by atoms with van der Waals surface area (Å²) in [5.74, 6) is 0.758. The quantitative estimate of drug-likeness (QED) is 0.316. The van der Waals surface area contributed by atoms with Gasteiger partial charge in [0.2, 0.25) is 0 Å². The molecule has 0 fully saturated rings. The highest BCUT2D eigenvalue weighted by Crippen LogP contribution is 2.37. The average molecular weight is 454 g/mol. The minimum absolute atomic E-state index is 0.726. The maximum atomic E-state index is 6.45.